The van der Waals surface area contributed by atoms with Crippen molar-refractivity contribution in [1.29, 1.82) is 0 Å². The van der Waals surface area contributed by atoms with Crippen LogP contribution < -0.4 is 4.90 Å². The lowest BCUT2D eigenvalue weighted by atomic mass is 10.3. The highest BCUT2D eigenvalue weighted by Crippen LogP contribution is 2.24. The van der Waals surface area contributed by atoms with Crippen LogP contribution in [0.2, 0.25) is 0 Å². The third-order valence-corrected chi connectivity index (χ3v) is 6.44. The monoisotopic (exact) mass is 367 g/mol. The van der Waals surface area contributed by atoms with Crippen molar-refractivity contribution < 1.29 is 22.7 Å². The number of methoxy groups -OCH3 is 1. The van der Waals surface area contributed by atoms with Crippen LogP contribution in [0.4, 0.5) is 10.5 Å². The van der Waals surface area contributed by atoms with Gasteiger partial charge < -0.3 is 14.5 Å². The third-order valence-electron chi connectivity index (χ3n) is 4.53. The smallest absolute Gasteiger partial charge is 0.409 e. The summed E-state index contributed by atoms with van der Waals surface area (Å²) in [6.07, 6.45) is 0.908. The van der Waals surface area contributed by atoms with Crippen molar-refractivity contribution in [1.82, 2.24) is 9.21 Å². The van der Waals surface area contributed by atoms with E-state index in [2.05, 4.69) is 4.74 Å². The SMILES string of the molecule is COC(=O)N1CCN(S(=O)(=O)c2ccc(N3CCCC3=O)cc2)CC1. The minimum absolute atomic E-state index is 0.0644. The molecule has 0 unspecified atom stereocenters. The number of anilines is 1. The molecule has 0 bridgehead atoms. The van der Waals surface area contributed by atoms with Gasteiger partial charge >= 0.3 is 6.09 Å². The highest BCUT2D eigenvalue weighted by atomic mass is 32.2. The fourth-order valence-electron chi connectivity index (χ4n) is 3.11. The van der Waals surface area contributed by atoms with Crippen molar-refractivity contribution >= 4 is 27.7 Å². The standard InChI is InChI=1S/C16H21N3O5S/c1-24-16(21)17-9-11-18(12-10-17)25(22,23)14-6-4-13(5-7-14)19-8-2-3-15(19)20/h4-7H,2-3,8-12H2,1H3. The predicted molar refractivity (Wildman–Crippen MR) is 90.8 cm³/mol. The third kappa shape index (κ3) is 3.47. The second-order valence-electron chi connectivity index (χ2n) is 6.00. The van der Waals surface area contributed by atoms with Gasteiger partial charge in [-0.1, -0.05) is 0 Å². The van der Waals surface area contributed by atoms with Gasteiger partial charge in [0.05, 0.1) is 12.0 Å². The van der Waals surface area contributed by atoms with E-state index in [0.29, 0.717) is 26.1 Å². The normalized spacial score (nSPS) is 19.3. The molecule has 2 saturated heterocycles. The average Bonchev–Trinajstić information content (AvgIpc) is 3.07. The first kappa shape index (κ1) is 17.7. The summed E-state index contributed by atoms with van der Waals surface area (Å²) in [6, 6.07) is 6.40. The summed E-state index contributed by atoms with van der Waals surface area (Å²) in [4.78, 5) is 26.6. The largest absolute Gasteiger partial charge is 0.453 e. The van der Waals surface area contributed by atoms with Gasteiger partial charge in [-0.15, -0.1) is 0 Å². The number of nitrogens with zero attached hydrogens (tertiary/aromatic N) is 3. The Kier molecular flexibility index (Phi) is 4.96. The van der Waals surface area contributed by atoms with E-state index in [0.717, 1.165) is 12.1 Å². The van der Waals surface area contributed by atoms with Crippen molar-refractivity contribution in [2.24, 2.45) is 0 Å². The molecule has 25 heavy (non-hydrogen) atoms. The van der Waals surface area contributed by atoms with Crippen LogP contribution in [-0.2, 0) is 19.6 Å². The molecule has 1 aromatic carbocycles. The highest BCUT2D eigenvalue weighted by molar-refractivity contribution is 7.89. The van der Waals surface area contributed by atoms with E-state index < -0.39 is 16.1 Å². The number of benzene rings is 1. The quantitative estimate of drug-likeness (QED) is 0.792. The van der Waals surface area contributed by atoms with Gasteiger partial charge in [0.15, 0.2) is 0 Å². The van der Waals surface area contributed by atoms with Crippen molar-refractivity contribution in [3.63, 3.8) is 0 Å². The number of carbonyl (C=O) groups is 2. The molecular formula is C16H21N3O5S. The molecule has 0 spiro atoms. The second-order valence-corrected chi connectivity index (χ2v) is 7.94. The predicted octanol–water partition coefficient (Wildman–Crippen LogP) is 0.886. The topological polar surface area (TPSA) is 87.2 Å². The van der Waals surface area contributed by atoms with Gasteiger partial charge in [-0.2, -0.15) is 4.31 Å². The van der Waals surface area contributed by atoms with Gasteiger partial charge in [-0.3, -0.25) is 4.79 Å². The summed E-state index contributed by atoms with van der Waals surface area (Å²) in [5.41, 5.74) is 0.719. The van der Waals surface area contributed by atoms with Crippen LogP contribution in [0.25, 0.3) is 0 Å². The second kappa shape index (κ2) is 7.01. The fourth-order valence-corrected chi connectivity index (χ4v) is 4.53. The lowest BCUT2D eigenvalue weighted by molar-refractivity contribution is -0.117. The Morgan fingerprint density at radius 2 is 1.68 bits per heavy atom. The number of sulfonamides is 1. The van der Waals surface area contributed by atoms with E-state index >= 15 is 0 Å². The summed E-state index contributed by atoms with van der Waals surface area (Å²) < 4.78 is 31.5. The molecule has 0 radical (unpaired) electrons. The average molecular weight is 367 g/mol. The number of carbonyl (C=O) groups excluding carboxylic acids is 2. The van der Waals surface area contributed by atoms with Gasteiger partial charge in [-0.05, 0) is 30.7 Å². The molecule has 0 saturated carbocycles. The Hall–Kier alpha value is -2.13. The molecule has 9 heteroatoms. The molecule has 0 aromatic heterocycles. The number of amides is 2. The molecule has 1 aromatic rings. The molecular weight excluding hydrogens is 346 g/mol. The van der Waals surface area contributed by atoms with Gasteiger partial charge in [-0.25, -0.2) is 13.2 Å². The molecule has 8 nitrogen and oxygen atoms in total. The molecule has 0 N–H and O–H groups in total. The van der Waals surface area contributed by atoms with E-state index in [-0.39, 0.29) is 23.9 Å². The Balaban J connectivity index is 1.70. The van der Waals surface area contributed by atoms with Crippen LogP contribution in [0.5, 0.6) is 0 Å². The summed E-state index contributed by atoms with van der Waals surface area (Å²) in [6.45, 7) is 1.71. The number of hydrogen-bond acceptors (Lipinski definition) is 5. The molecule has 3 rings (SSSR count). The maximum Gasteiger partial charge on any atom is 0.409 e. The molecule has 136 valence electrons. The zero-order chi connectivity index (χ0) is 18.0. The van der Waals surface area contributed by atoms with Crippen LogP contribution in [0.3, 0.4) is 0 Å². The van der Waals surface area contributed by atoms with E-state index in [1.807, 2.05) is 0 Å². The molecule has 2 heterocycles. The highest BCUT2D eigenvalue weighted by Gasteiger charge is 2.30. The van der Waals surface area contributed by atoms with Crippen LogP contribution >= 0.6 is 0 Å². The summed E-state index contributed by atoms with van der Waals surface area (Å²) >= 11 is 0. The van der Waals surface area contributed by atoms with Gasteiger partial charge in [0.25, 0.3) is 0 Å². The zero-order valence-electron chi connectivity index (χ0n) is 14.1. The van der Waals surface area contributed by atoms with Crippen molar-refractivity contribution in [2.45, 2.75) is 17.7 Å². The van der Waals surface area contributed by atoms with Crippen LogP contribution in [0.15, 0.2) is 29.2 Å². The molecule has 2 aliphatic rings. The molecule has 0 atom stereocenters. The zero-order valence-corrected chi connectivity index (χ0v) is 14.9. The summed E-state index contributed by atoms with van der Waals surface area (Å²) in [7, 11) is -2.32. The van der Waals surface area contributed by atoms with Crippen molar-refractivity contribution in [3.05, 3.63) is 24.3 Å². The van der Waals surface area contributed by atoms with Gasteiger partial charge in [0.1, 0.15) is 0 Å². The van der Waals surface area contributed by atoms with E-state index in [1.165, 1.54) is 28.4 Å². The Labute approximate surface area is 147 Å². The number of ether oxygens (including phenoxy) is 1. The Morgan fingerprint density at radius 1 is 1.04 bits per heavy atom. The van der Waals surface area contributed by atoms with Crippen LogP contribution in [0, 0.1) is 0 Å². The fraction of sp³-hybridized carbons (Fsp3) is 0.500. The maximum absolute atomic E-state index is 12.7. The van der Waals surface area contributed by atoms with E-state index in [1.54, 1.807) is 17.0 Å². The minimum atomic E-state index is -3.62. The lowest BCUT2D eigenvalue weighted by Gasteiger charge is -2.33. The first-order chi connectivity index (χ1) is 11.9. The van der Waals surface area contributed by atoms with Crippen molar-refractivity contribution in [2.75, 3.05) is 44.7 Å². The number of rotatable bonds is 3. The molecule has 0 aliphatic carbocycles. The molecule has 2 aliphatic heterocycles. The van der Waals surface area contributed by atoms with Gasteiger partial charge in [0, 0.05) is 44.8 Å². The van der Waals surface area contributed by atoms with E-state index in [4.69, 9.17) is 0 Å². The minimum Gasteiger partial charge on any atom is -0.453 e. The summed E-state index contributed by atoms with van der Waals surface area (Å²) in [5.74, 6) is 0.0644. The summed E-state index contributed by atoms with van der Waals surface area (Å²) in [5, 5.41) is 0. The Bertz CT molecular complexity index is 754. The number of piperazine rings is 1. The molecule has 2 fully saturated rings. The maximum atomic E-state index is 12.7. The van der Waals surface area contributed by atoms with Crippen molar-refractivity contribution in [3.8, 4) is 0 Å². The van der Waals surface area contributed by atoms with Gasteiger partial charge in [0.2, 0.25) is 15.9 Å². The molecule has 2 amide bonds. The number of hydrogen-bond donors (Lipinski definition) is 0. The Morgan fingerprint density at radius 3 is 2.20 bits per heavy atom. The van der Waals surface area contributed by atoms with Crippen LogP contribution in [-0.4, -0.2) is 69.5 Å². The van der Waals surface area contributed by atoms with E-state index in [9.17, 15) is 18.0 Å². The first-order valence-electron chi connectivity index (χ1n) is 8.17. The van der Waals surface area contributed by atoms with Crippen LogP contribution in [0.1, 0.15) is 12.8 Å². The lowest BCUT2D eigenvalue weighted by Crippen LogP contribution is -2.50. The first-order valence-corrected chi connectivity index (χ1v) is 9.61.